The summed E-state index contributed by atoms with van der Waals surface area (Å²) in [7, 11) is 0. The van der Waals surface area contributed by atoms with Crippen molar-refractivity contribution in [2.45, 2.75) is 33.1 Å². The van der Waals surface area contributed by atoms with E-state index in [1.165, 1.54) is 25.3 Å². The van der Waals surface area contributed by atoms with Gasteiger partial charge in [-0.1, -0.05) is 48.0 Å². The number of aryl methyl sites for hydroxylation is 2. The molecule has 0 aliphatic carbocycles. The zero-order valence-electron chi connectivity index (χ0n) is 20.4. The maximum atomic E-state index is 13.1. The number of ketones is 1. The molecule has 35 heavy (non-hydrogen) atoms. The standard InChI is InChI=1S/C30H32N2O3/c1-21-6-10-24(11-7-21)30(35)31-29-19-25(32-16-4-3-5-17-32)12-15-28(29)27-14-9-23(18-22(27)2)8-13-26(34)20-33/h6-15,18-19,33H,3-5,16-17,20H2,1-2H3,(H,31,35)/b13-8+. The van der Waals surface area contributed by atoms with Gasteiger partial charge in [-0.25, -0.2) is 0 Å². The molecule has 3 aromatic carbocycles. The summed E-state index contributed by atoms with van der Waals surface area (Å²) in [5.74, 6) is -0.470. The number of carbonyl (C=O) groups is 2. The summed E-state index contributed by atoms with van der Waals surface area (Å²) in [6, 6.07) is 19.8. The van der Waals surface area contributed by atoms with Crippen LogP contribution < -0.4 is 10.2 Å². The molecule has 0 radical (unpaired) electrons. The number of hydrogen-bond donors (Lipinski definition) is 2. The summed E-state index contributed by atoms with van der Waals surface area (Å²) < 4.78 is 0. The largest absolute Gasteiger partial charge is 0.388 e. The van der Waals surface area contributed by atoms with Crippen LogP contribution in [-0.2, 0) is 4.79 Å². The lowest BCUT2D eigenvalue weighted by atomic mass is 9.96. The molecule has 0 atom stereocenters. The lowest BCUT2D eigenvalue weighted by Crippen LogP contribution is -2.29. The minimum atomic E-state index is -0.499. The van der Waals surface area contributed by atoms with E-state index in [9.17, 15) is 9.59 Å². The van der Waals surface area contributed by atoms with Gasteiger partial charge in [-0.3, -0.25) is 9.59 Å². The first-order chi connectivity index (χ1) is 16.9. The maximum absolute atomic E-state index is 13.1. The Hall–Kier alpha value is -3.70. The fraction of sp³-hybridized carbons (Fsp3) is 0.267. The van der Waals surface area contributed by atoms with E-state index in [0.29, 0.717) is 5.56 Å². The summed E-state index contributed by atoms with van der Waals surface area (Å²) in [6.07, 6.45) is 6.71. The number of benzene rings is 3. The summed E-state index contributed by atoms with van der Waals surface area (Å²) >= 11 is 0. The Bertz CT molecular complexity index is 1240. The molecule has 1 fully saturated rings. The number of aliphatic hydroxyl groups is 1. The number of nitrogens with one attached hydrogen (secondary N) is 1. The molecule has 5 nitrogen and oxygen atoms in total. The average Bonchev–Trinajstić information content (AvgIpc) is 2.88. The fourth-order valence-corrected chi connectivity index (χ4v) is 4.45. The molecule has 2 N–H and O–H groups in total. The average molecular weight is 469 g/mol. The zero-order valence-corrected chi connectivity index (χ0v) is 20.4. The first-order valence-electron chi connectivity index (χ1n) is 12.1. The Kier molecular flexibility index (Phi) is 7.78. The van der Waals surface area contributed by atoms with Crippen molar-refractivity contribution in [3.05, 3.63) is 89.0 Å². The van der Waals surface area contributed by atoms with Gasteiger partial charge >= 0.3 is 0 Å². The number of hydrogen-bond acceptors (Lipinski definition) is 4. The van der Waals surface area contributed by atoms with Crippen LogP contribution in [0.3, 0.4) is 0 Å². The normalized spacial score (nSPS) is 13.7. The molecule has 180 valence electrons. The fourth-order valence-electron chi connectivity index (χ4n) is 4.45. The van der Waals surface area contributed by atoms with Gasteiger partial charge in [-0.2, -0.15) is 0 Å². The van der Waals surface area contributed by atoms with Crippen molar-refractivity contribution in [3.8, 4) is 11.1 Å². The molecule has 5 heteroatoms. The SMILES string of the molecule is Cc1ccc(C(=O)Nc2cc(N3CCCCC3)ccc2-c2ccc(/C=C/C(=O)CO)cc2C)cc1. The van der Waals surface area contributed by atoms with E-state index in [1.54, 1.807) is 6.08 Å². The van der Waals surface area contributed by atoms with Crippen molar-refractivity contribution in [2.24, 2.45) is 0 Å². The topological polar surface area (TPSA) is 69.6 Å². The van der Waals surface area contributed by atoms with Crippen LogP contribution in [0.15, 0.2) is 66.7 Å². The predicted octanol–water partition coefficient (Wildman–Crippen LogP) is 5.79. The van der Waals surface area contributed by atoms with Crippen molar-refractivity contribution >= 4 is 29.1 Å². The van der Waals surface area contributed by atoms with Crippen molar-refractivity contribution in [3.63, 3.8) is 0 Å². The lowest BCUT2D eigenvalue weighted by molar-refractivity contribution is -0.117. The second-order valence-electron chi connectivity index (χ2n) is 9.13. The molecule has 1 aliphatic rings. The van der Waals surface area contributed by atoms with Crippen LogP contribution in [0.25, 0.3) is 17.2 Å². The number of rotatable bonds is 7. The lowest BCUT2D eigenvalue weighted by Gasteiger charge is -2.29. The number of carbonyl (C=O) groups excluding carboxylic acids is 2. The van der Waals surface area contributed by atoms with Crippen LogP contribution in [0.2, 0.25) is 0 Å². The molecular formula is C30H32N2O3. The van der Waals surface area contributed by atoms with E-state index in [2.05, 4.69) is 28.4 Å². The molecule has 0 saturated carbocycles. The van der Waals surface area contributed by atoms with E-state index in [0.717, 1.165) is 52.3 Å². The smallest absolute Gasteiger partial charge is 0.255 e. The van der Waals surface area contributed by atoms with E-state index < -0.39 is 6.61 Å². The molecule has 4 rings (SSSR count). The quantitative estimate of drug-likeness (QED) is 0.431. The Morgan fingerprint density at radius 1 is 0.914 bits per heavy atom. The number of amides is 1. The summed E-state index contributed by atoms with van der Waals surface area (Å²) in [4.78, 5) is 26.9. The van der Waals surface area contributed by atoms with Crippen molar-refractivity contribution < 1.29 is 14.7 Å². The molecular weight excluding hydrogens is 436 g/mol. The first kappa shape index (κ1) is 24.4. The van der Waals surface area contributed by atoms with Crippen LogP contribution in [0.5, 0.6) is 0 Å². The van der Waals surface area contributed by atoms with Gasteiger partial charge in [0.05, 0.1) is 5.69 Å². The Balaban J connectivity index is 1.70. The highest BCUT2D eigenvalue weighted by Crippen LogP contribution is 2.35. The van der Waals surface area contributed by atoms with Gasteiger partial charge in [0.1, 0.15) is 6.61 Å². The molecule has 1 amide bonds. The third-order valence-electron chi connectivity index (χ3n) is 6.44. The first-order valence-corrected chi connectivity index (χ1v) is 12.1. The van der Waals surface area contributed by atoms with Crippen LogP contribution in [0.1, 0.15) is 46.3 Å². The third-order valence-corrected chi connectivity index (χ3v) is 6.44. The van der Waals surface area contributed by atoms with E-state index in [4.69, 9.17) is 5.11 Å². The van der Waals surface area contributed by atoms with Crippen LogP contribution in [0, 0.1) is 13.8 Å². The molecule has 1 aliphatic heterocycles. The highest BCUT2D eigenvalue weighted by Gasteiger charge is 2.17. The van der Waals surface area contributed by atoms with Gasteiger partial charge in [0, 0.05) is 29.9 Å². The van der Waals surface area contributed by atoms with Gasteiger partial charge in [-0.15, -0.1) is 0 Å². The second kappa shape index (κ2) is 11.2. The van der Waals surface area contributed by atoms with E-state index in [-0.39, 0.29) is 11.7 Å². The molecule has 0 unspecified atom stereocenters. The van der Waals surface area contributed by atoms with Gasteiger partial charge in [0.2, 0.25) is 0 Å². The monoisotopic (exact) mass is 468 g/mol. The third kappa shape index (κ3) is 6.06. The van der Waals surface area contributed by atoms with Crippen molar-refractivity contribution in [1.29, 1.82) is 0 Å². The van der Waals surface area contributed by atoms with Gasteiger partial charge in [0.15, 0.2) is 5.78 Å². The minimum Gasteiger partial charge on any atom is -0.388 e. The highest BCUT2D eigenvalue weighted by atomic mass is 16.3. The Labute approximate surface area is 207 Å². The minimum absolute atomic E-state index is 0.137. The summed E-state index contributed by atoms with van der Waals surface area (Å²) in [6.45, 7) is 5.57. The molecule has 1 heterocycles. The van der Waals surface area contributed by atoms with Gasteiger partial charge < -0.3 is 15.3 Å². The zero-order chi connectivity index (χ0) is 24.8. The number of nitrogens with zero attached hydrogens (tertiary/aromatic N) is 1. The van der Waals surface area contributed by atoms with Gasteiger partial charge in [0.25, 0.3) is 5.91 Å². The Morgan fingerprint density at radius 2 is 1.63 bits per heavy atom. The summed E-state index contributed by atoms with van der Waals surface area (Å²) in [5, 5.41) is 12.1. The number of aliphatic hydroxyl groups excluding tert-OH is 1. The van der Waals surface area contributed by atoms with Gasteiger partial charge in [-0.05, 0) is 80.1 Å². The van der Waals surface area contributed by atoms with Crippen molar-refractivity contribution in [2.75, 3.05) is 29.9 Å². The number of anilines is 2. The van der Waals surface area contributed by atoms with Crippen LogP contribution in [-0.4, -0.2) is 36.5 Å². The molecule has 3 aromatic rings. The molecule has 0 bridgehead atoms. The molecule has 0 aromatic heterocycles. The second-order valence-corrected chi connectivity index (χ2v) is 9.13. The number of piperidine rings is 1. The molecule has 0 spiro atoms. The van der Waals surface area contributed by atoms with Crippen LogP contribution in [0.4, 0.5) is 11.4 Å². The Morgan fingerprint density at radius 3 is 2.31 bits per heavy atom. The summed E-state index contributed by atoms with van der Waals surface area (Å²) in [5.41, 5.74) is 7.50. The van der Waals surface area contributed by atoms with E-state index >= 15 is 0 Å². The molecule has 1 saturated heterocycles. The predicted molar refractivity (Wildman–Crippen MR) is 143 cm³/mol. The highest BCUT2D eigenvalue weighted by molar-refractivity contribution is 6.07. The van der Waals surface area contributed by atoms with Crippen molar-refractivity contribution in [1.82, 2.24) is 0 Å². The maximum Gasteiger partial charge on any atom is 0.255 e. The van der Waals surface area contributed by atoms with Crippen LogP contribution >= 0.6 is 0 Å². The van der Waals surface area contributed by atoms with E-state index in [1.807, 2.05) is 56.3 Å².